The topological polar surface area (TPSA) is 29.1 Å². The van der Waals surface area contributed by atoms with E-state index in [2.05, 4.69) is 17.2 Å². The monoisotopic (exact) mass is 365 g/mol. The number of hydrogen-bond donors (Lipinski definition) is 1. The molecule has 2 rings (SSSR count). The number of carbonyl (C=O) groups is 1. The van der Waals surface area contributed by atoms with Crippen LogP contribution in [0.3, 0.4) is 0 Å². The molecule has 1 N–H and O–H groups in total. The molecular formula is C19H15ClF3NO. The van der Waals surface area contributed by atoms with Gasteiger partial charge in [0, 0.05) is 17.0 Å². The summed E-state index contributed by atoms with van der Waals surface area (Å²) in [6.07, 6.45) is -3.52. The van der Waals surface area contributed by atoms with Gasteiger partial charge in [0.1, 0.15) is 0 Å². The van der Waals surface area contributed by atoms with Crippen LogP contribution in [0.1, 0.15) is 23.1 Å². The van der Waals surface area contributed by atoms with Crippen molar-refractivity contribution in [3.63, 3.8) is 0 Å². The van der Waals surface area contributed by atoms with Gasteiger partial charge in [0.25, 0.3) is 0 Å². The molecule has 0 spiro atoms. The Balaban J connectivity index is 1.80. The van der Waals surface area contributed by atoms with E-state index >= 15 is 0 Å². The maximum Gasteiger partial charge on any atom is 0.416 e. The largest absolute Gasteiger partial charge is 0.416 e. The maximum atomic E-state index is 12.6. The molecule has 25 heavy (non-hydrogen) atoms. The Hall–Kier alpha value is -2.45. The molecule has 0 radical (unpaired) electrons. The van der Waals surface area contributed by atoms with Crippen LogP contribution in [0.25, 0.3) is 0 Å². The third-order valence-electron chi connectivity index (χ3n) is 3.35. The third-order valence-corrected chi connectivity index (χ3v) is 3.60. The first-order valence-electron chi connectivity index (χ1n) is 7.52. The smallest absolute Gasteiger partial charge is 0.345 e. The number of alkyl halides is 3. The van der Waals surface area contributed by atoms with Gasteiger partial charge >= 0.3 is 6.18 Å². The van der Waals surface area contributed by atoms with E-state index in [1.165, 1.54) is 12.1 Å². The summed E-state index contributed by atoms with van der Waals surface area (Å²) in [6, 6.07) is 12.0. The van der Waals surface area contributed by atoms with Crippen LogP contribution in [-0.2, 0) is 17.4 Å². The van der Waals surface area contributed by atoms with Gasteiger partial charge in [0.05, 0.1) is 12.1 Å². The molecule has 130 valence electrons. The molecule has 0 bridgehead atoms. The van der Waals surface area contributed by atoms with Gasteiger partial charge in [-0.25, -0.2) is 0 Å². The fourth-order valence-electron chi connectivity index (χ4n) is 2.06. The van der Waals surface area contributed by atoms with Gasteiger partial charge in [-0.15, -0.1) is 0 Å². The van der Waals surface area contributed by atoms with E-state index < -0.39 is 11.7 Å². The summed E-state index contributed by atoms with van der Waals surface area (Å²) < 4.78 is 37.8. The van der Waals surface area contributed by atoms with Crippen molar-refractivity contribution in [2.75, 3.05) is 6.54 Å². The van der Waals surface area contributed by atoms with Gasteiger partial charge in [-0.3, -0.25) is 4.79 Å². The Morgan fingerprint density at radius 1 is 1.12 bits per heavy atom. The van der Waals surface area contributed by atoms with Crippen LogP contribution in [0.2, 0.25) is 5.02 Å². The Bertz CT molecular complexity index is 789. The number of halogens is 4. The summed E-state index contributed by atoms with van der Waals surface area (Å²) in [7, 11) is 0. The lowest BCUT2D eigenvalue weighted by Gasteiger charge is -2.05. The molecule has 1 amide bonds. The van der Waals surface area contributed by atoms with E-state index in [1.807, 2.05) is 12.1 Å². The van der Waals surface area contributed by atoms with Crippen LogP contribution in [0.5, 0.6) is 0 Å². The zero-order valence-electron chi connectivity index (χ0n) is 13.2. The van der Waals surface area contributed by atoms with Gasteiger partial charge in [-0.2, -0.15) is 13.2 Å². The Morgan fingerprint density at radius 3 is 2.52 bits per heavy atom. The Labute approximate surface area is 149 Å². The van der Waals surface area contributed by atoms with Crippen molar-refractivity contribution in [2.45, 2.75) is 19.0 Å². The maximum absolute atomic E-state index is 12.6. The standard InChI is InChI=1S/C19H15ClF3NO/c20-17-9-6-14(7-10-17)8-11-18(25)24-12-2-4-15-3-1-5-16(13-15)19(21,22)23/h1,3,5-7,9-10,13H,8,11-12H2,(H,24,25). The molecule has 6 heteroatoms. The zero-order chi connectivity index (χ0) is 18.3. The molecule has 0 fully saturated rings. The lowest BCUT2D eigenvalue weighted by molar-refractivity contribution is -0.137. The summed E-state index contributed by atoms with van der Waals surface area (Å²) in [6.45, 7) is 0.0791. The quantitative estimate of drug-likeness (QED) is 0.796. The van der Waals surface area contributed by atoms with Crippen molar-refractivity contribution in [2.24, 2.45) is 0 Å². The fourth-order valence-corrected chi connectivity index (χ4v) is 2.19. The molecule has 0 heterocycles. The first-order valence-corrected chi connectivity index (χ1v) is 7.89. The highest BCUT2D eigenvalue weighted by Crippen LogP contribution is 2.29. The van der Waals surface area contributed by atoms with E-state index in [-0.39, 0.29) is 18.0 Å². The average Bonchev–Trinajstić information content (AvgIpc) is 2.58. The van der Waals surface area contributed by atoms with Crippen LogP contribution in [0.15, 0.2) is 48.5 Å². The minimum absolute atomic E-state index is 0.0791. The number of benzene rings is 2. The molecule has 0 aromatic heterocycles. The van der Waals surface area contributed by atoms with E-state index in [9.17, 15) is 18.0 Å². The summed E-state index contributed by atoms with van der Waals surface area (Å²) in [5, 5.41) is 3.26. The first kappa shape index (κ1) is 18.9. The van der Waals surface area contributed by atoms with Crippen LogP contribution in [-0.4, -0.2) is 12.5 Å². The van der Waals surface area contributed by atoms with Gasteiger partial charge in [-0.1, -0.05) is 41.6 Å². The lowest BCUT2D eigenvalue weighted by atomic mass is 10.1. The number of nitrogens with one attached hydrogen (secondary N) is 1. The van der Waals surface area contributed by atoms with Crippen molar-refractivity contribution >= 4 is 17.5 Å². The summed E-state index contributed by atoms with van der Waals surface area (Å²) in [5.74, 6) is 5.09. The molecule has 0 aliphatic rings. The number of hydrogen-bond acceptors (Lipinski definition) is 1. The van der Waals surface area contributed by atoms with E-state index in [0.29, 0.717) is 17.9 Å². The van der Waals surface area contributed by atoms with Gasteiger partial charge in [0.2, 0.25) is 5.91 Å². The molecule has 0 saturated carbocycles. The molecule has 0 saturated heterocycles. The van der Waals surface area contributed by atoms with Gasteiger partial charge in [0.15, 0.2) is 0 Å². The van der Waals surface area contributed by atoms with Crippen molar-refractivity contribution in [1.29, 1.82) is 0 Å². The second-order valence-electron chi connectivity index (χ2n) is 5.28. The number of carbonyl (C=O) groups excluding carboxylic acids is 1. The van der Waals surface area contributed by atoms with E-state index in [1.54, 1.807) is 12.1 Å². The van der Waals surface area contributed by atoms with Crippen LogP contribution < -0.4 is 5.32 Å². The fraction of sp³-hybridized carbons (Fsp3) is 0.211. The molecule has 2 aromatic rings. The molecule has 0 aliphatic carbocycles. The predicted octanol–water partition coefficient (Wildman–Crippen LogP) is 4.46. The number of aryl methyl sites for hydroxylation is 1. The number of rotatable bonds is 4. The molecule has 0 aliphatic heterocycles. The minimum atomic E-state index is -4.40. The SMILES string of the molecule is O=C(CCc1ccc(Cl)cc1)NCC#Cc1cccc(C(F)(F)F)c1. The Kier molecular flexibility index (Phi) is 6.49. The highest BCUT2D eigenvalue weighted by molar-refractivity contribution is 6.30. The molecule has 0 atom stereocenters. The number of amides is 1. The molecule has 2 nitrogen and oxygen atoms in total. The van der Waals surface area contributed by atoms with Crippen LogP contribution in [0.4, 0.5) is 13.2 Å². The van der Waals surface area contributed by atoms with E-state index in [0.717, 1.165) is 17.7 Å². The molecular weight excluding hydrogens is 351 g/mol. The van der Waals surface area contributed by atoms with Crippen molar-refractivity contribution < 1.29 is 18.0 Å². The van der Waals surface area contributed by atoms with Crippen molar-refractivity contribution in [3.05, 3.63) is 70.2 Å². The lowest BCUT2D eigenvalue weighted by Crippen LogP contribution is -2.23. The second-order valence-corrected chi connectivity index (χ2v) is 5.72. The second kappa shape index (κ2) is 8.59. The van der Waals surface area contributed by atoms with Gasteiger partial charge < -0.3 is 5.32 Å². The normalized spacial score (nSPS) is 10.7. The van der Waals surface area contributed by atoms with E-state index in [4.69, 9.17) is 11.6 Å². The zero-order valence-corrected chi connectivity index (χ0v) is 13.9. The first-order chi connectivity index (χ1) is 11.8. The third kappa shape index (κ3) is 6.52. The van der Waals surface area contributed by atoms with Gasteiger partial charge in [-0.05, 0) is 42.3 Å². The summed E-state index contributed by atoms with van der Waals surface area (Å²) in [4.78, 5) is 11.7. The molecule has 0 unspecified atom stereocenters. The Morgan fingerprint density at radius 2 is 1.84 bits per heavy atom. The van der Waals surface area contributed by atoms with Crippen LogP contribution >= 0.6 is 11.6 Å². The summed E-state index contributed by atoms with van der Waals surface area (Å²) >= 11 is 5.79. The highest BCUT2D eigenvalue weighted by Gasteiger charge is 2.30. The average molecular weight is 366 g/mol. The summed E-state index contributed by atoms with van der Waals surface area (Å²) in [5.41, 5.74) is 0.506. The van der Waals surface area contributed by atoms with Crippen molar-refractivity contribution in [1.82, 2.24) is 5.32 Å². The van der Waals surface area contributed by atoms with Crippen molar-refractivity contribution in [3.8, 4) is 11.8 Å². The predicted molar refractivity (Wildman–Crippen MR) is 91.1 cm³/mol. The molecule has 2 aromatic carbocycles. The van der Waals surface area contributed by atoms with Crippen LogP contribution in [0, 0.1) is 11.8 Å². The highest BCUT2D eigenvalue weighted by atomic mass is 35.5. The minimum Gasteiger partial charge on any atom is -0.345 e.